The summed E-state index contributed by atoms with van der Waals surface area (Å²) in [6.07, 6.45) is 3.06. The van der Waals surface area contributed by atoms with E-state index in [0.29, 0.717) is 5.92 Å². The van der Waals surface area contributed by atoms with Crippen LogP contribution in [0.4, 0.5) is 10.5 Å². The lowest BCUT2D eigenvalue weighted by Gasteiger charge is -2.12. The van der Waals surface area contributed by atoms with Gasteiger partial charge in [0.05, 0.1) is 0 Å². The largest absolute Gasteiger partial charge is 0.351 e. The first-order valence-electron chi connectivity index (χ1n) is 6.43. The zero-order chi connectivity index (χ0) is 13.5. The number of hydrogen-bond donors (Lipinski definition) is 3. The lowest BCUT2D eigenvalue weighted by atomic mass is 9.97. The van der Waals surface area contributed by atoms with Gasteiger partial charge in [-0.25, -0.2) is 4.79 Å². The van der Waals surface area contributed by atoms with Crippen LogP contribution in [0, 0.1) is 0 Å². The minimum atomic E-state index is -0.524. The van der Waals surface area contributed by atoms with E-state index < -0.39 is 6.03 Å². The quantitative estimate of drug-likeness (QED) is 0.677. The molecule has 0 atom stereocenters. The second kappa shape index (κ2) is 7.01. The maximum Gasteiger partial charge on any atom is 0.316 e. The van der Waals surface area contributed by atoms with E-state index in [4.69, 9.17) is 11.5 Å². The van der Waals surface area contributed by atoms with Crippen LogP contribution in [0.5, 0.6) is 0 Å². The molecule has 2 amide bonds. The van der Waals surface area contributed by atoms with Gasteiger partial charge in [-0.2, -0.15) is 0 Å². The van der Waals surface area contributed by atoms with Crippen LogP contribution in [0.2, 0.25) is 0 Å². The predicted octanol–water partition coefficient (Wildman–Crippen LogP) is 2.58. The number of amides is 2. The third-order valence-corrected chi connectivity index (χ3v) is 2.87. The lowest BCUT2D eigenvalue weighted by Crippen LogP contribution is -2.19. The van der Waals surface area contributed by atoms with Crippen LogP contribution in [-0.2, 0) is 6.42 Å². The summed E-state index contributed by atoms with van der Waals surface area (Å²) < 4.78 is 0. The molecule has 4 nitrogen and oxygen atoms in total. The van der Waals surface area contributed by atoms with Crippen molar-refractivity contribution in [2.75, 3.05) is 11.9 Å². The normalized spacial score (nSPS) is 10.7. The molecule has 0 aromatic heterocycles. The molecule has 0 radical (unpaired) electrons. The number of carbonyl (C=O) groups is 1. The lowest BCUT2D eigenvalue weighted by molar-refractivity contribution is 0.259. The van der Waals surface area contributed by atoms with Crippen LogP contribution in [-0.4, -0.2) is 12.6 Å². The molecule has 4 heteroatoms. The Bertz CT molecular complexity index is 402. The van der Waals surface area contributed by atoms with E-state index in [0.717, 1.165) is 31.5 Å². The highest BCUT2D eigenvalue weighted by Crippen LogP contribution is 2.22. The number of unbranched alkanes of at least 4 members (excludes halogenated alkanes) is 1. The Morgan fingerprint density at radius 2 is 2.00 bits per heavy atom. The molecule has 18 heavy (non-hydrogen) atoms. The van der Waals surface area contributed by atoms with Gasteiger partial charge < -0.3 is 16.8 Å². The molecule has 0 saturated heterocycles. The van der Waals surface area contributed by atoms with Crippen LogP contribution in [0.1, 0.15) is 43.7 Å². The first-order chi connectivity index (χ1) is 8.52. The maximum atomic E-state index is 10.9. The minimum absolute atomic E-state index is 0.424. The number of benzene rings is 1. The number of urea groups is 1. The third kappa shape index (κ3) is 4.75. The second-order valence-electron chi connectivity index (χ2n) is 4.85. The zero-order valence-corrected chi connectivity index (χ0v) is 11.2. The van der Waals surface area contributed by atoms with E-state index in [2.05, 4.69) is 25.2 Å². The molecule has 1 aromatic rings. The first-order valence-corrected chi connectivity index (χ1v) is 6.43. The van der Waals surface area contributed by atoms with Gasteiger partial charge in [-0.05, 0) is 55.0 Å². The number of nitrogens with two attached hydrogens (primary N) is 2. The Morgan fingerprint density at radius 1 is 1.28 bits per heavy atom. The molecule has 0 spiro atoms. The van der Waals surface area contributed by atoms with E-state index in [1.165, 1.54) is 11.1 Å². The molecule has 0 aliphatic carbocycles. The van der Waals surface area contributed by atoms with Crippen molar-refractivity contribution in [1.82, 2.24) is 0 Å². The molecule has 100 valence electrons. The molecule has 0 aliphatic heterocycles. The van der Waals surface area contributed by atoms with Gasteiger partial charge in [0.2, 0.25) is 0 Å². The molecule has 0 heterocycles. The molecule has 0 fully saturated rings. The van der Waals surface area contributed by atoms with Gasteiger partial charge >= 0.3 is 6.03 Å². The Labute approximate surface area is 109 Å². The Morgan fingerprint density at radius 3 is 2.56 bits per heavy atom. The van der Waals surface area contributed by atoms with E-state index in [1.54, 1.807) is 0 Å². The number of primary amides is 1. The molecular weight excluding hydrogens is 226 g/mol. The highest BCUT2D eigenvalue weighted by Gasteiger charge is 2.06. The van der Waals surface area contributed by atoms with Crippen molar-refractivity contribution in [1.29, 1.82) is 0 Å². The van der Waals surface area contributed by atoms with Gasteiger partial charge in [0.25, 0.3) is 0 Å². The molecule has 0 aliphatic rings. The van der Waals surface area contributed by atoms with Crippen molar-refractivity contribution in [3.8, 4) is 0 Å². The minimum Gasteiger partial charge on any atom is -0.351 e. The van der Waals surface area contributed by atoms with Gasteiger partial charge in [-0.3, -0.25) is 0 Å². The Kier molecular flexibility index (Phi) is 5.65. The zero-order valence-electron chi connectivity index (χ0n) is 11.2. The summed E-state index contributed by atoms with van der Waals surface area (Å²) in [6, 6.07) is 5.62. The fraction of sp³-hybridized carbons (Fsp3) is 0.500. The average Bonchev–Trinajstić information content (AvgIpc) is 2.28. The molecule has 1 aromatic carbocycles. The molecule has 0 saturated carbocycles. The number of aryl methyl sites for hydroxylation is 1. The van der Waals surface area contributed by atoms with Gasteiger partial charge in [-0.15, -0.1) is 0 Å². The standard InChI is InChI=1S/C14H23N3O/c1-10(2)12-7-11(5-3-4-6-15)8-13(9-12)17-14(16)18/h7-10H,3-6,15H2,1-2H3,(H3,16,17,18). The first kappa shape index (κ1) is 14.5. The van der Waals surface area contributed by atoms with E-state index in [-0.39, 0.29) is 0 Å². The van der Waals surface area contributed by atoms with Crippen molar-refractivity contribution in [3.63, 3.8) is 0 Å². The van der Waals surface area contributed by atoms with Gasteiger partial charge in [0, 0.05) is 5.69 Å². The van der Waals surface area contributed by atoms with Crippen molar-refractivity contribution >= 4 is 11.7 Å². The topological polar surface area (TPSA) is 81.1 Å². The fourth-order valence-corrected chi connectivity index (χ4v) is 1.88. The highest BCUT2D eigenvalue weighted by atomic mass is 16.2. The van der Waals surface area contributed by atoms with Crippen LogP contribution in [0.15, 0.2) is 18.2 Å². The molecule has 0 bridgehead atoms. The van der Waals surface area contributed by atoms with Crippen LogP contribution >= 0.6 is 0 Å². The number of rotatable bonds is 6. The molecule has 1 rings (SSSR count). The van der Waals surface area contributed by atoms with Crippen molar-refractivity contribution < 1.29 is 4.79 Å². The van der Waals surface area contributed by atoms with Crippen molar-refractivity contribution in [2.45, 2.75) is 39.0 Å². The monoisotopic (exact) mass is 249 g/mol. The SMILES string of the molecule is CC(C)c1cc(CCCCN)cc(NC(N)=O)c1. The number of nitrogens with one attached hydrogen (secondary N) is 1. The van der Waals surface area contributed by atoms with Gasteiger partial charge in [-0.1, -0.05) is 19.9 Å². The predicted molar refractivity (Wildman–Crippen MR) is 75.7 cm³/mol. The second-order valence-corrected chi connectivity index (χ2v) is 4.85. The summed E-state index contributed by atoms with van der Waals surface area (Å²) in [6.45, 7) is 4.98. The smallest absolute Gasteiger partial charge is 0.316 e. The summed E-state index contributed by atoms with van der Waals surface area (Å²) in [5.41, 5.74) is 13.9. The molecule has 0 unspecified atom stereocenters. The van der Waals surface area contributed by atoms with Crippen LogP contribution in [0.3, 0.4) is 0 Å². The third-order valence-electron chi connectivity index (χ3n) is 2.87. The van der Waals surface area contributed by atoms with E-state index >= 15 is 0 Å². The highest BCUT2D eigenvalue weighted by molar-refractivity contribution is 5.88. The maximum absolute atomic E-state index is 10.9. The average molecular weight is 249 g/mol. The number of carbonyl (C=O) groups excluding carboxylic acids is 1. The van der Waals surface area contributed by atoms with E-state index in [1.807, 2.05) is 12.1 Å². The summed E-state index contributed by atoms with van der Waals surface area (Å²) in [4.78, 5) is 10.9. The fourth-order valence-electron chi connectivity index (χ4n) is 1.88. The van der Waals surface area contributed by atoms with Crippen LogP contribution in [0.25, 0.3) is 0 Å². The molecule has 5 N–H and O–H groups in total. The van der Waals surface area contributed by atoms with E-state index in [9.17, 15) is 4.79 Å². The van der Waals surface area contributed by atoms with Crippen LogP contribution < -0.4 is 16.8 Å². The van der Waals surface area contributed by atoms with Gasteiger partial charge in [0.15, 0.2) is 0 Å². The summed E-state index contributed by atoms with van der Waals surface area (Å²) in [5, 5.41) is 2.65. The van der Waals surface area contributed by atoms with Crippen molar-refractivity contribution in [2.24, 2.45) is 11.5 Å². The number of anilines is 1. The van der Waals surface area contributed by atoms with Crippen molar-refractivity contribution in [3.05, 3.63) is 29.3 Å². The number of hydrogen-bond acceptors (Lipinski definition) is 2. The van der Waals surface area contributed by atoms with Gasteiger partial charge in [0.1, 0.15) is 0 Å². The Hall–Kier alpha value is -1.55. The Balaban J connectivity index is 2.87. The summed E-state index contributed by atoms with van der Waals surface area (Å²) >= 11 is 0. The summed E-state index contributed by atoms with van der Waals surface area (Å²) in [7, 11) is 0. The summed E-state index contributed by atoms with van der Waals surface area (Å²) in [5.74, 6) is 0.424. The molecular formula is C14H23N3O.